The Bertz CT molecular complexity index is 339. The number of nitrogens with one attached hydrogen (secondary N) is 1. The summed E-state index contributed by atoms with van der Waals surface area (Å²) in [6.07, 6.45) is 4.07. The number of hydrogen-bond acceptors (Lipinski definition) is 4. The molecule has 0 fully saturated rings. The van der Waals surface area contributed by atoms with Crippen molar-refractivity contribution in [3.8, 4) is 0 Å². The highest BCUT2D eigenvalue weighted by Crippen LogP contribution is 2.12. The van der Waals surface area contributed by atoms with Gasteiger partial charge in [0.2, 0.25) is 5.95 Å². The van der Waals surface area contributed by atoms with Gasteiger partial charge in [-0.3, -0.25) is 0 Å². The smallest absolute Gasteiger partial charge is 0.203 e. The van der Waals surface area contributed by atoms with Crippen molar-refractivity contribution >= 4 is 5.95 Å². The van der Waals surface area contributed by atoms with Crippen molar-refractivity contribution in [3.05, 3.63) is 11.9 Å². The third-order valence-electron chi connectivity index (χ3n) is 2.84. The normalized spacial score (nSPS) is 12.7. The Morgan fingerprint density at radius 1 is 1.39 bits per heavy atom. The molecular weight excluding hydrogens is 230 g/mol. The SMILES string of the molecule is CCC(COC)Nc1nc(C)cn1CCCOC. The highest BCUT2D eigenvalue weighted by Gasteiger charge is 2.11. The molecule has 104 valence electrons. The van der Waals surface area contributed by atoms with Gasteiger partial charge in [0.05, 0.1) is 18.3 Å². The van der Waals surface area contributed by atoms with E-state index in [9.17, 15) is 0 Å². The lowest BCUT2D eigenvalue weighted by Crippen LogP contribution is -2.26. The summed E-state index contributed by atoms with van der Waals surface area (Å²) in [5.41, 5.74) is 1.03. The van der Waals surface area contributed by atoms with Gasteiger partial charge in [-0.1, -0.05) is 6.92 Å². The molecule has 0 aromatic carbocycles. The summed E-state index contributed by atoms with van der Waals surface area (Å²) in [6.45, 7) is 6.53. The quantitative estimate of drug-likeness (QED) is 0.686. The maximum atomic E-state index is 5.19. The van der Waals surface area contributed by atoms with Crippen LogP contribution in [0.15, 0.2) is 6.20 Å². The number of anilines is 1. The summed E-state index contributed by atoms with van der Waals surface area (Å²) in [7, 11) is 3.45. The molecule has 1 aromatic rings. The standard InChI is InChI=1S/C13H25N3O2/c1-5-12(10-18-4)15-13-14-11(2)9-16(13)7-6-8-17-3/h9,12H,5-8,10H2,1-4H3,(H,14,15). The van der Waals surface area contributed by atoms with Gasteiger partial charge in [-0.05, 0) is 19.8 Å². The first-order valence-corrected chi connectivity index (χ1v) is 6.49. The zero-order valence-electron chi connectivity index (χ0n) is 11.9. The fraction of sp³-hybridized carbons (Fsp3) is 0.769. The van der Waals surface area contributed by atoms with Gasteiger partial charge in [0.1, 0.15) is 0 Å². The van der Waals surface area contributed by atoms with Gasteiger partial charge in [0.25, 0.3) is 0 Å². The lowest BCUT2D eigenvalue weighted by atomic mass is 10.2. The van der Waals surface area contributed by atoms with Crippen LogP contribution < -0.4 is 5.32 Å². The monoisotopic (exact) mass is 255 g/mol. The second kappa shape index (κ2) is 8.11. The van der Waals surface area contributed by atoms with Gasteiger partial charge in [0.15, 0.2) is 0 Å². The number of methoxy groups -OCH3 is 2. The van der Waals surface area contributed by atoms with Crippen LogP contribution in [-0.4, -0.2) is 43.0 Å². The molecule has 1 aromatic heterocycles. The van der Waals surface area contributed by atoms with Crippen LogP contribution in [0.4, 0.5) is 5.95 Å². The van der Waals surface area contributed by atoms with Crippen LogP contribution in [0.5, 0.6) is 0 Å². The Morgan fingerprint density at radius 3 is 2.78 bits per heavy atom. The Hall–Kier alpha value is -1.07. The van der Waals surface area contributed by atoms with Crippen molar-refractivity contribution in [2.45, 2.75) is 39.3 Å². The first-order chi connectivity index (χ1) is 8.71. The van der Waals surface area contributed by atoms with Crippen LogP contribution in [0.2, 0.25) is 0 Å². The van der Waals surface area contributed by atoms with Gasteiger partial charge in [-0.25, -0.2) is 4.98 Å². The fourth-order valence-electron chi connectivity index (χ4n) is 1.86. The molecule has 0 spiro atoms. The molecule has 0 amide bonds. The van der Waals surface area contributed by atoms with Crippen LogP contribution in [0.1, 0.15) is 25.5 Å². The summed E-state index contributed by atoms with van der Waals surface area (Å²) in [5, 5.41) is 3.43. The second-order valence-corrected chi connectivity index (χ2v) is 4.45. The zero-order valence-corrected chi connectivity index (χ0v) is 11.9. The highest BCUT2D eigenvalue weighted by molar-refractivity contribution is 5.30. The molecule has 1 N–H and O–H groups in total. The maximum absolute atomic E-state index is 5.19. The number of rotatable bonds is 9. The van der Waals surface area contributed by atoms with E-state index in [0.29, 0.717) is 12.6 Å². The van der Waals surface area contributed by atoms with E-state index in [4.69, 9.17) is 9.47 Å². The average Bonchev–Trinajstić information content (AvgIpc) is 2.69. The Labute approximate surface area is 109 Å². The molecule has 5 heteroatoms. The van der Waals surface area contributed by atoms with E-state index in [1.165, 1.54) is 0 Å². The van der Waals surface area contributed by atoms with Crippen molar-refractivity contribution < 1.29 is 9.47 Å². The molecule has 18 heavy (non-hydrogen) atoms. The van der Waals surface area contributed by atoms with Crippen LogP contribution >= 0.6 is 0 Å². The third kappa shape index (κ3) is 4.66. The fourth-order valence-corrected chi connectivity index (χ4v) is 1.86. The van der Waals surface area contributed by atoms with Crippen LogP contribution in [0.3, 0.4) is 0 Å². The van der Waals surface area contributed by atoms with Crippen molar-refractivity contribution in [2.75, 3.05) is 32.8 Å². The van der Waals surface area contributed by atoms with E-state index >= 15 is 0 Å². The second-order valence-electron chi connectivity index (χ2n) is 4.45. The molecule has 1 rings (SSSR count). The molecule has 5 nitrogen and oxygen atoms in total. The molecule has 1 unspecified atom stereocenters. The van der Waals surface area contributed by atoms with E-state index < -0.39 is 0 Å². The molecule has 0 saturated carbocycles. The first-order valence-electron chi connectivity index (χ1n) is 6.49. The largest absolute Gasteiger partial charge is 0.385 e. The van der Waals surface area contributed by atoms with E-state index in [1.54, 1.807) is 14.2 Å². The minimum atomic E-state index is 0.304. The summed E-state index contributed by atoms with van der Waals surface area (Å²) >= 11 is 0. The molecule has 0 aliphatic carbocycles. The van der Waals surface area contributed by atoms with E-state index in [1.807, 2.05) is 6.92 Å². The Morgan fingerprint density at radius 2 is 2.17 bits per heavy atom. The molecule has 1 atom stereocenters. The number of hydrogen-bond donors (Lipinski definition) is 1. The number of nitrogens with zero attached hydrogens (tertiary/aromatic N) is 2. The van der Waals surface area contributed by atoms with Crippen molar-refractivity contribution in [2.24, 2.45) is 0 Å². The number of aromatic nitrogens is 2. The summed E-state index contributed by atoms with van der Waals surface area (Å²) in [5.74, 6) is 0.924. The van der Waals surface area contributed by atoms with Crippen molar-refractivity contribution in [1.82, 2.24) is 9.55 Å². The molecule has 0 aliphatic rings. The molecular formula is C13H25N3O2. The topological polar surface area (TPSA) is 48.3 Å². The van der Waals surface area contributed by atoms with E-state index in [2.05, 4.69) is 28.0 Å². The maximum Gasteiger partial charge on any atom is 0.203 e. The number of ether oxygens (including phenoxy) is 2. The lowest BCUT2D eigenvalue weighted by molar-refractivity contribution is 0.183. The Balaban J connectivity index is 2.62. The summed E-state index contributed by atoms with van der Waals surface area (Å²) in [4.78, 5) is 4.51. The van der Waals surface area contributed by atoms with Crippen LogP contribution in [0, 0.1) is 6.92 Å². The summed E-state index contributed by atoms with van der Waals surface area (Å²) < 4.78 is 12.4. The van der Waals surface area contributed by atoms with E-state index in [0.717, 1.165) is 37.6 Å². The predicted molar refractivity (Wildman–Crippen MR) is 73.0 cm³/mol. The zero-order chi connectivity index (χ0) is 13.4. The molecule has 0 bridgehead atoms. The number of aryl methyl sites for hydroxylation is 2. The van der Waals surface area contributed by atoms with E-state index in [-0.39, 0.29) is 0 Å². The first kappa shape index (κ1) is 15.0. The molecule has 0 radical (unpaired) electrons. The Kier molecular flexibility index (Phi) is 6.75. The van der Waals surface area contributed by atoms with Gasteiger partial charge in [-0.15, -0.1) is 0 Å². The predicted octanol–water partition coefficient (Wildman–Crippen LogP) is 2.06. The minimum Gasteiger partial charge on any atom is -0.385 e. The van der Waals surface area contributed by atoms with Gasteiger partial charge in [0, 0.05) is 33.6 Å². The number of imidazole rings is 1. The van der Waals surface area contributed by atoms with Crippen LogP contribution in [-0.2, 0) is 16.0 Å². The average molecular weight is 255 g/mol. The molecule has 0 saturated heterocycles. The highest BCUT2D eigenvalue weighted by atomic mass is 16.5. The van der Waals surface area contributed by atoms with Gasteiger partial charge < -0.3 is 19.4 Å². The van der Waals surface area contributed by atoms with Crippen molar-refractivity contribution in [3.63, 3.8) is 0 Å². The minimum absolute atomic E-state index is 0.304. The lowest BCUT2D eigenvalue weighted by Gasteiger charge is -2.17. The van der Waals surface area contributed by atoms with Crippen LogP contribution in [0.25, 0.3) is 0 Å². The van der Waals surface area contributed by atoms with Crippen molar-refractivity contribution in [1.29, 1.82) is 0 Å². The summed E-state index contributed by atoms with van der Waals surface area (Å²) in [6, 6.07) is 0.304. The third-order valence-corrected chi connectivity index (χ3v) is 2.84. The molecule has 1 heterocycles. The van der Waals surface area contributed by atoms with Gasteiger partial charge >= 0.3 is 0 Å². The molecule has 0 aliphatic heterocycles. The van der Waals surface area contributed by atoms with Gasteiger partial charge in [-0.2, -0.15) is 0 Å².